The van der Waals surface area contributed by atoms with Crippen LogP contribution in [0.3, 0.4) is 0 Å². The third-order valence-corrected chi connectivity index (χ3v) is 6.95. The summed E-state index contributed by atoms with van der Waals surface area (Å²) in [6.07, 6.45) is 5.15. The smallest absolute Gasteiger partial charge is 0.269 e. The number of benzene rings is 1. The Balaban J connectivity index is 1.76. The van der Waals surface area contributed by atoms with Crippen LogP contribution in [0.25, 0.3) is 11.0 Å². The highest BCUT2D eigenvalue weighted by Crippen LogP contribution is 2.24. The highest BCUT2D eigenvalue weighted by atomic mass is 32.2. The minimum absolute atomic E-state index is 0.0272. The Bertz CT molecular complexity index is 1090. The number of aryl methyl sites for hydroxylation is 1. The average molecular weight is 416 g/mol. The van der Waals surface area contributed by atoms with Gasteiger partial charge in [-0.2, -0.15) is 4.98 Å². The predicted octanol–water partition coefficient (Wildman–Crippen LogP) is 1.53. The van der Waals surface area contributed by atoms with Gasteiger partial charge in [0.2, 0.25) is 5.95 Å². The van der Waals surface area contributed by atoms with E-state index in [0.717, 1.165) is 31.5 Å². The molecule has 1 fully saturated rings. The van der Waals surface area contributed by atoms with E-state index in [1.165, 1.54) is 10.2 Å². The maximum absolute atomic E-state index is 13.2. The quantitative estimate of drug-likeness (QED) is 0.630. The van der Waals surface area contributed by atoms with Gasteiger partial charge in [0.1, 0.15) is 0 Å². The van der Waals surface area contributed by atoms with Crippen LogP contribution in [0.1, 0.15) is 18.4 Å². The van der Waals surface area contributed by atoms with Crippen LogP contribution < -0.4 is 10.2 Å². The van der Waals surface area contributed by atoms with Crippen LogP contribution in [0.2, 0.25) is 0 Å². The number of hydrogen-bond acceptors (Lipinski definition) is 7. The second kappa shape index (κ2) is 8.10. The zero-order valence-electron chi connectivity index (χ0n) is 16.3. The third-order valence-electron chi connectivity index (χ3n) is 5.27. The van der Waals surface area contributed by atoms with Gasteiger partial charge in [-0.05, 0) is 44.5 Å². The van der Waals surface area contributed by atoms with Crippen molar-refractivity contribution < 1.29 is 13.5 Å². The first kappa shape index (κ1) is 19.8. The summed E-state index contributed by atoms with van der Waals surface area (Å²) in [5.74, 6) is 0.430. The molecular weight excluding hydrogens is 390 g/mol. The predicted molar refractivity (Wildman–Crippen MR) is 112 cm³/mol. The number of aliphatic hydroxyl groups is 1. The first-order valence-corrected chi connectivity index (χ1v) is 11.2. The molecule has 4 rings (SSSR count). The molecular formula is C20H25N5O3S. The Morgan fingerprint density at radius 3 is 2.76 bits per heavy atom. The first-order valence-electron chi connectivity index (χ1n) is 9.75. The van der Waals surface area contributed by atoms with Crippen LogP contribution in [0, 0.1) is 6.92 Å². The monoisotopic (exact) mass is 415 g/mol. The minimum atomic E-state index is -3.77. The standard InChI is InChI=1S/C20H25N5O3S/c1-15-4-6-18(7-5-15)29(27,28)25-10-8-16-13-22-20(23-19(16)25)24(11-12-26)17-3-2-9-21-14-17/h4-8,10,13,17,21,26H,2-3,9,11-12,14H2,1H3/t17-/m1/s1. The van der Waals surface area contributed by atoms with Crippen molar-refractivity contribution in [3.05, 3.63) is 48.3 Å². The number of fused-ring (bicyclic) bond motifs is 1. The minimum Gasteiger partial charge on any atom is -0.395 e. The molecule has 29 heavy (non-hydrogen) atoms. The van der Waals surface area contributed by atoms with Gasteiger partial charge in [-0.3, -0.25) is 0 Å². The Morgan fingerprint density at radius 1 is 1.28 bits per heavy atom. The molecule has 3 heterocycles. The summed E-state index contributed by atoms with van der Waals surface area (Å²) < 4.78 is 27.5. The van der Waals surface area contributed by atoms with Crippen molar-refractivity contribution in [2.24, 2.45) is 0 Å². The maximum Gasteiger partial charge on any atom is 0.269 e. The fourth-order valence-electron chi connectivity index (χ4n) is 3.70. The van der Waals surface area contributed by atoms with E-state index >= 15 is 0 Å². The average Bonchev–Trinajstić information content (AvgIpc) is 3.17. The number of piperidine rings is 1. The van der Waals surface area contributed by atoms with Crippen LogP contribution in [-0.4, -0.2) is 59.7 Å². The van der Waals surface area contributed by atoms with Crippen molar-refractivity contribution in [1.29, 1.82) is 0 Å². The van der Waals surface area contributed by atoms with E-state index in [0.29, 0.717) is 23.5 Å². The second-order valence-electron chi connectivity index (χ2n) is 7.30. The molecule has 0 bridgehead atoms. The highest BCUT2D eigenvalue weighted by Gasteiger charge is 2.25. The van der Waals surface area contributed by atoms with E-state index in [4.69, 9.17) is 0 Å². The SMILES string of the molecule is Cc1ccc(S(=O)(=O)n2ccc3cnc(N(CCO)[C@@H]4CCCNC4)nc32)cc1. The van der Waals surface area contributed by atoms with Gasteiger partial charge < -0.3 is 15.3 Å². The van der Waals surface area contributed by atoms with Gasteiger partial charge in [0, 0.05) is 36.9 Å². The summed E-state index contributed by atoms with van der Waals surface area (Å²) in [5.41, 5.74) is 1.33. The van der Waals surface area contributed by atoms with E-state index in [9.17, 15) is 13.5 Å². The van der Waals surface area contributed by atoms with Gasteiger partial charge in [0.05, 0.1) is 11.5 Å². The molecule has 1 aromatic carbocycles. The second-order valence-corrected chi connectivity index (χ2v) is 9.11. The van der Waals surface area contributed by atoms with Gasteiger partial charge in [-0.1, -0.05) is 17.7 Å². The Hall–Kier alpha value is -2.49. The third kappa shape index (κ3) is 3.85. The molecule has 1 atom stereocenters. The number of nitrogens with one attached hydrogen (secondary N) is 1. The molecule has 1 aliphatic rings. The molecule has 3 aromatic rings. The first-order chi connectivity index (χ1) is 14.0. The lowest BCUT2D eigenvalue weighted by Crippen LogP contribution is -2.48. The molecule has 0 amide bonds. The van der Waals surface area contributed by atoms with Crippen LogP contribution in [0.15, 0.2) is 47.6 Å². The molecule has 8 nitrogen and oxygen atoms in total. The Labute approximate surface area is 170 Å². The van der Waals surface area contributed by atoms with Crippen molar-refractivity contribution in [1.82, 2.24) is 19.3 Å². The molecule has 0 aliphatic carbocycles. The molecule has 0 spiro atoms. The zero-order valence-corrected chi connectivity index (χ0v) is 17.1. The zero-order chi connectivity index (χ0) is 20.4. The molecule has 0 saturated carbocycles. The largest absolute Gasteiger partial charge is 0.395 e. The van der Waals surface area contributed by atoms with Gasteiger partial charge in [-0.15, -0.1) is 0 Å². The molecule has 2 aromatic heterocycles. The van der Waals surface area contributed by atoms with Crippen molar-refractivity contribution >= 4 is 27.0 Å². The molecule has 154 valence electrons. The fourth-order valence-corrected chi connectivity index (χ4v) is 5.00. The summed E-state index contributed by atoms with van der Waals surface area (Å²) >= 11 is 0. The van der Waals surface area contributed by atoms with Crippen molar-refractivity contribution in [2.75, 3.05) is 31.1 Å². The molecule has 0 radical (unpaired) electrons. The molecule has 0 unspecified atom stereocenters. The maximum atomic E-state index is 13.2. The normalized spacial score (nSPS) is 17.5. The van der Waals surface area contributed by atoms with Crippen LogP contribution in [0.5, 0.6) is 0 Å². The number of aliphatic hydroxyl groups excluding tert-OH is 1. The number of rotatable bonds is 6. The van der Waals surface area contributed by atoms with E-state index in [-0.39, 0.29) is 17.5 Å². The van der Waals surface area contributed by atoms with Crippen molar-refractivity contribution in [3.8, 4) is 0 Å². The van der Waals surface area contributed by atoms with Crippen molar-refractivity contribution in [3.63, 3.8) is 0 Å². The number of aromatic nitrogens is 3. The highest BCUT2D eigenvalue weighted by molar-refractivity contribution is 7.90. The lowest BCUT2D eigenvalue weighted by atomic mass is 10.1. The summed E-state index contributed by atoms with van der Waals surface area (Å²) in [6, 6.07) is 8.61. The topological polar surface area (TPSA) is 100 Å². The molecule has 1 aliphatic heterocycles. The van der Waals surface area contributed by atoms with Gasteiger partial charge in [0.25, 0.3) is 10.0 Å². The van der Waals surface area contributed by atoms with E-state index in [1.807, 2.05) is 11.8 Å². The van der Waals surface area contributed by atoms with Crippen LogP contribution in [0.4, 0.5) is 5.95 Å². The van der Waals surface area contributed by atoms with Gasteiger partial charge >= 0.3 is 0 Å². The molecule has 9 heteroatoms. The molecule has 2 N–H and O–H groups in total. The van der Waals surface area contributed by atoms with E-state index < -0.39 is 10.0 Å². The number of nitrogens with zero attached hydrogens (tertiary/aromatic N) is 4. The van der Waals surface area contributed by atoms with Crippen LogP contribution >= 0.6 is 0 Å². The van der Waals surface area contributed by atoms with E-state index in [2.05, 4.69) is 15.3 Å². The lowest BCUT2D eigenvalue weighted by molar-refractivity contribution is 0.290. The van der Waals surface area contributed by atoms with Crippen LogP contribution in [-0.2, 0) is 10.0 Å². The Morgan fingerprint density at radius 2 is 2.07 bits per heavy atom. The molecule has 1 saturated heterocycles. The Kier molecular flexibility index (Phi) is 5.53. The lowest BCUT2D eigenvalue weighted by Gasteiger charge is -2.34. The number of hydrogen-bond donors (Lipinski definition) is 2. The number of anilines is 1. The summed E-state index contributed by atoms with van der Waals surface area (Å²) in [6.45, 7) is 4.03. The fraction of sp³-hybridized carbons (Fsp3) is 0.400. The summed E-state index contributed by atoms with van der Waals surface area (Å²) in [4.78, 5) is 11.2. The van der Waals surface area contributed by atoms with Gasteiger partial charge in [0.15, 0.2) is 5.65 Å². The van der Waals surface area contributed by atoms with Crippen molar-refractivity contribution in [2.45, 2.75) is 30.7 Å². The summed E-state index contributed by atoms with van der Waals surface area (Å²) in [7, 11) is -3.77. The van der Waals surface area contributed by atoms with E-state index in [1.54, 1.807) is 36.5 Å². The summed E-state index contributed by atoms with van der Waals surface area (Å²) in [5, 5.41) is 13.5. The van der Waals surface area contributed by atoms with Gasteiger partial charge in [-0.25, -0.2) is 17.4 Å².